The molecule has 100 valence electrons. The van der Waals surface area contributed by atoms with Gasteiger partial charge in [0, 0.05) is 57.4 Å². The zero-order valence-electron chi connectivity index (χ0n) is 10.8. The first-order chi connectivity index (χ1) is 9.42. The van der Waals surface area contributed by atoms with Crippen molar-refractivity contribution in [1.29, 1.82) is 0 Å². The number of anilines is 1. The molecule has 0 aliphatic carbocycles. The van der Waals surface area contributed by atoms with Crippen LogP contribution in [0, 0.1) is 0 Å². The predicted molar refractivity (Wildman–Crippen MR) is 71.3 cm³/mol. The molecule has 0 spiro atoms. The third-order valence-corrected chi connectivity index (χ3v) is 3.79. The molecule has 4 heterocycles. The molecule has 0 atom stereocenters. The van der Waals surface area contributed by atoms with E-state index >= 15 is 0 Å². The molecule has 2 aliphatic rings. The highest BCUT2D eigenvalue weighted by Gasteiger charge is 2.19. The van der Waals surface area contributed by atoms with Gasteiger partial charge in [0.25, 0.3) is 5.78 Å². The molecule has 0 aromatic carbocycles. The van der Waals surface area contributed by atoms with Gasteiger partial charge < -0.3 is 15.5 Å². The molecular weight excluding hydrogens is 242 g/mol. The van der Waals surface area contributed by atoms with Crippen LogP contribution in [0.4, 0.5) is 5.95 Å². The standard InChI is InChI=1S/C12H17N7/c1-2-14-7-9-8-15-11-16-12(17-19(11)10(1)9)18-5-3-13-4-6-18/h8,13-14H,1-7H2. The Kier molecular flexibility index (Phi) is 2.59. The second-order valence-corrected chi connectivity index (χ2v) is 5.02. The molecule has 19 heavy (non-hydrogen) atoms. The molecule has 2 N–H and O–H groups in total. The van der Waals surface area contributed by atoms with Gasteiger partial charge in [-0.1, -0.05) is 0 Å². The number of nitrogens with zero attached hydrogens (tertiary/aromatic N) is 5. The monoisotopic (exact) mass is 259 g/mol. The van der Waals surface area contributed by atoms with Crippen molar-refractivity contribution < 1.29 is 0 Å². The Balaban J connectivity index is 1.78. The van der Waals surface area contributed by atoms with Crippen molar-refractivity contribution in [1.82, 2.24) is 30.2 Å². The summed E-state index contributed by atoms with van der Waals surface area (Å²) in [6.07, 6.45) is 2.91. The largest absolute Gasteiger partial charge is 0.337 e. The normalized spacial score (nSPS) is 19.7. The summed E-state index contributed by atoms with van der Waals surface area (Å²) in [5, 5.41) is 11.4. The molecule has 0 unspecified atom stereocenters. The van der Waals surface area contributed by atoms with Gasteiger partial charge >= 0.3 is 0 Å². The van der Waals surface area contributed by atoms with E-state index in [1.165, 1.54) is 11.3 Å². The Bertz CT molecular complexity index is 599. The second-order valence-electron chi connectivity index (χ2n) is 5.02. The first-order valence-corrected chi connectivity index (χ1v) is 6.82. The maximum atomic E-state index is 4.66. The van der Waals surface area contributed by atoms with E-state index in [4.69, 9.17) is 0 Å². The Morgan fingerprint density at radius 3 is 2.89 bits per heavy atom. The fourth-order valence-corrected chi connectivity index (χ4v) is 2.75. The molecular formula is C12H17N7. The van der Waals surface area contributed by atoms with Crippen molar-refractivity contribution >= 4 is 11.7 Å². The summed E-state index contributed by atoms with van der Waals surface area (Å²) in [5.74, 6) is 1.52. The maximum absolute atomic E-state index is 4.66. The van der Waals surface area contributed by atoms with Crippen molar-refractivity contribution in [3.8, 4) is 0 Å². The van der Waals surface area contributed by atoms with Crippen LogP contribution in [0.2, 0.25) is 0 Å². The van der Waals surface area contributed by atoms with Crippen LogP contribution in [0.3, 0.4) is 0 Å². The molecule has 0 bridgehead atoms. The number of piperazine rings is 1. The van der Waals surface area contributed by atoms with E-state index in [0.717, 1.165) is 51.6 Å². The van der Waals surface area contributed by atoms with Crippen molar-refractivity contribution in [2.75, 3.05) is 37.6 Å². The topological polar surface area (TPSA) is 70.4 Å². The lowest BCUT2D eigenvalue weighted by atomic mass is 10.1. The zero-order chi connectivity index (χ0) is 12.7. The molecule has 1 saturated heterocycles. The molecule has 2 aliphatic heterocycles. The van der Waals surface area contributed by atoms with E-state index in [-0.39, 0.29) is 0 Å². The van der Waals surface area contributed by atoms with Crippen LogP contribution in [-0.2, 0) is 13.0 Å². The number of rotatable bonds is 1. The van der Waals surface area contributed by atoms with Crippen LogP contribution < -0.4 is 15.5 Å². The summed E-state index contributed by atoms with van der Waals surface area (Å²) in [5.41, 5.74) is 2.48. The van der Waals surface area contributed by atoms with Crippen molar-refractivity contribution in [2.24, 2.45) is 0 Å². The average Bonchev–Trinajstić information content (AvgIpc) is 2.93. The summed E-state index contributed by atoms with van der Waals surface area (Å²) in [6.45, 7) is 5.77. The smallest absolute Gasteiger partial charge is 0.254 e. The average molecular weight is 259 g/mol. The Hall–Kier alpha value is -1.73. The predicted octanol–water partition coefficient (Wildman–Crippen LogP) is -0.820. The lowest BCUT2D eigenvalue weighted by Crippen LogP contribution is -2.44. The van der Waals surface area contributed by atoms with E-state index in [9.17, 15) is 0 Å². The van der Waals surface area contributed by atoms with Crippen molar-refractivity contribution in [2.45, 2.75) is 13.0 Å². The first-order valence-electron chi connectivity index (χ1n) is 6.82. The minimum Gasteiger partial charge on any atom is -0.337 e. The van der Waals surface area contributed by atoms with Gasteiger partial charge in [-0.3, -0.25) is 0 Å². The zero-order valence-corrected chi connectivity index (χ0v) is 10.8. The van der Waals surface area contributed by atoms with Gasteiger partial charge in [0.2, 0.25) is 5.95 Å². The summed E-state index contributed by atoms with van der Waals surface area (Å²) in [4.78, 5) is 11.2. The lowest BCUT2D eigenvalue weighted by Gasteiger charge is -2.25. The molecule has 1 fully saturated rings. The number of fused-ring (bicyclic) bond motifs is 3. The highest BCUT2D eigenvalue weighted by molar-refractivity contribution is 5.42. The molecule has 2 aromatic heterocycles. The van der Waals surface area contributed by atoms with Crippen molar-refractivity contribution in [3.63, 3.8) is 0 Å². The van der Waals surface area contributed by atoms with Crippen LogP contribution in [0.1, 0.15) is 11.3 Å². The van der Waals surface area contributed by atoms with Gasteiger partial charge in [-0.05, 0) is 0 Å². The van der Waals surface area contributed by atoms with Crippen LogP contribution >= 0.6 is 0 Å². The Labute approximate surface area is 111 Å². The first kappa shape index (κ1) is 11.1. The number of hydrogen-bond acceptors (Lipinski definition) is 6. The summed E-state index contributed by atoms with van der Waals surface area (Å²) in [7, 11) is 0. The molecule has 7 nitrogen and oxygen atoms in total. The highest BCUT2D eigenvalue weighted by Crippen LogP contribution is 2.16. The van der Waals surface area contributed by atoms with Gasteiger partial charge in [-0.2, -0.15) is 9.50 Å². The molecule has 0 radical (unpaired) electrons. The quantitative estimate of drug-likeness (QED) is 0.697. The molecule has 0 saturated carbocycles. The highest BCUT2D eigenvalue weighted by atomic mass is 15.4. The summed E-state index contributed by atoms with van der Waals surface area (Å²) >= 11 is 0. The molecule has 0 amide bonds. The minimum atomic E-state index is 0.717. The Morgan fingerprint density at radius 2 is 2.00 bits per heavy atom. The summed E-state index contributed by atoms with van der Waals surface area (Å²) in [6, 6.07) is 0. The summed E-state index contributed by atoms with van der Waals surface area (Å²) < 4.78 is 1.92. The SMILES string of the molecule is c1nc2nc(N3CCNCC3)nn2c2c1CNCC2. The van der Waals surface area contributed by atoms with Crippen LogP contribution in [0.5, 0.6) is 0 Å². The van der Waals surface area contributed by atoms with Gasteiger partial charge in [0.15, 0.2) is 0 Å². The van der Waals surface area contributed by atoms with Gasteiger partial charge in [-0.25, -0.2) is 4.98 Å². The molecule has 4 rings (SSSR count). The van der Waals surface area contributed by atoms with Gasteiger partial charge in [0.1, 0.15) is 0 Å². The lowest BCUT2D eigenvalue weighted by molar-refractivity contribution is 0.577. The van der Waals surface area contributed by atoms with Gasteiger partial charge in [-0.15, -0.1) is 5.10 Å². The van der Waals surface area contributed by atoms with E-state index < -0.39 is 0 Å². The maximum Gasteiger partial charge on any atom is 0.254 e. The number of aromatic nitrogens is 4. The van der Waals surface area contributed by atoms with Crippen LogP contribution in [-0.4, -0.2) is 52.3 Å². The van der Waals surface area contributed by atoms with E-state index in [1.54, 1.807) is 0 Å². The molecule has 7 heteroatoms. The third-order valence-electron chi connectivity index (χ3n) is 3.79. The van der Waals surface area contributed by atoms with Gasteiger partial charge in [0.05, 0.1) is 5.69 Å². The van der Waals surface area contributed by atoms with Crippen LogP contribution in [0.15, 0.2) is 6.20 Å². The van der Waals surface area contributed by atoms with E-state index in [1.807, 2.05) is 10.7 Å². The Morgan fingerprint density at radius 1 is 1.11 bits per heavy atom. The fraction of sp³-hybridized carbons (Fsp3) is 0.583. The second kappa shape index (κ2) is 4.43. The molecule has 2 aromatic rings. The fourth-order valence-electron chi connectivity index (χ4n) is 2.75. The van der Waals surface area contributed by atoms with E-state index in [2.05, 4.69) is 30.6 Å². The van der Waals surface area contributed by atoms with E-state index in [0.29, 0.717) is 5.78 Å². The van der Waals surface area contributed by atoms with Crippen molar-refractivity contribution in [3.05, 3.63) is 17.5 Å². The van der Waals surface area contributed by atoms with Crippen LogP contribution in [0.25, 0.3) is 5.78 Å². The third kappa shape index (κ3) is 1.85. The number of nitrogens with one attached hydrogen (secondary N) is 2. The minimum absolute atomic E-state index is 0.717. The number of hydrogen-bond donors (Lipinski definition) is 2.